The summed E-state index contributed by atoms with van der Waals surface area (Å²) in [7, 11) is 0. The van der Waals surface area contributed by atoms with Gasteiger partial charge in [-0.15, -0.1) is 0 Å². The van der Waals surface area contributed by atoms with Crippen LogP contribution in [-0.4, -0.2) is 168 Å². The molecule has 18 heteroatoms. The zero-order valence-corrected chi connectivity index (χ0v) is 38.7. The summed E-state index contributed by atoms with van der Waals surface area (Å²) in [5, 5.41) is 105. The minimum absolute atomic E-state index is 0.0646. The molecule has 3 heterocycles. The minimum Gasteiger partial charge on any atom is -0.479 e. The molecular formula is C47H74O18. The van der Waals surface area contributed by atoms with Crippen LogP contribution in [0.25, 0.3) is 0 Å². The van der Waals surface area contributed by atoms with E-state index in [2.05, 4.69) is 54.5 Å². The number of esters is 1. The molecule has 0 aromatic carbocycles. The number of fused-ring (bicyclic) bond motifs is 7. The number of hydrogen-bond donors (Lipinski definition) is 10. The summed E-state index contributed by atoms with van der Waals surface area (Å²) >= 11 is 0. The molecular weight excluding hydrogens is 852 g/mol. The summed E-state index contributed by atoms with van der Waals surface area (Å²) in [6.45, 7) is 14.9. The van der Waals surface area contributed by atoms with E-state index < -0.39 is 128 Å². The molecule has 0 bridgehead atoms. The minimum atomic E-state index is -1.84. The van der Waals surface area contributed by atoms with Crippen LogP contribution in [0.5, 0.6) is 0 Å². The molecule has 0 amide bonds. The lowest BCUT2D eigenvalue weighted by atomic mass is 9.33. The highest BCUT2D eigenvalue weighted by molar-refractivity contribution is 5.79. The molecule has 3 saturated heterocycles. The Morgan fingerprint density at radius 2 is 1.37 bits per heavy atom. The number of carbonyl (C=O) groups excluding carboxylic acids is 1. The first-order valence-electron chi connectivity index (χ1n) is 23.7. The number of aliphatic hydroxyl groups is 9. The van der Waals surface area contributed by atoms with Gasteiger partial charge in [0.15, 0.2) is 18.7 Å². The Bertz CT molecular complexity index is 1820. The fraction of sp³-hybridized carbons (Fsp3) is 0.915. The highest BCUT2D eigenvalue weighted by Crippen LogP contribution is 2.76. The van der Waals surface area contributed by atoms with Crippen molar-refractivity contribution in [3.63, 3.8) is 0 Å². The Kier molecular flexibility index (Phi) is 13.1. The van der Waals surface area contributed by atoms with E-state index in [1.54, 1.807) is 0 Å². The van der Waals surface area contributed by atoms with E-state index in [4.69, 9.17) is 28.4 Å². The molecule has 65 heavy (non-hydrogen) atoms. The Labute approximate surface area is 380 Å². The van der Waals surface area contributed by atoms with Crippen LogP contribution in [0.1, 0.15) is 113 Å². The van der Waals surface area contributed by atoms with Crippen LogP contribution < -0.4 is 0 Å². The Morgan fingerprint density at radius 3 is 2.05 bits per heavy atom. The van der Waals surface area contributed by atoms with E-state index in [9.17, 15) is 60.7 Å². The molecule has 3 aliphatic heterocycles. The predicted molar refractivity (Wildman–Crippen MR) is 225 cm³/mol. The van der Waals surface area contributed by atoms with Crippen LogP contribution in [0.4, 0.5) is 0 Å². The highest BCUT2D eigenvalue weighted by Gasteiger charge is 2.70. The average Bonchev–Trinajstić information content (AvgIpc) is 3.24. The summed E-state index contributed by atoms with van der Waals surface area (Å²) in [5.41, 5.74) is -0.801. The second-order valence-electron chi connectivity index (χ2n) is 23.1. The molecule has 10 N–H and O–H groups in total. The molecule has 4 saturated carbocycles. The lowest BCUT2D eigenvalue weighted by Gasteiger charge is -2.71. The van der Waals surface area contributed by atoms with E-state index >= 15 is 0 Å². The van der Waals surface area contributed by atoms with E-state index in [-0.39, 0.29) is 39.4 Å². The SMILES string of the molecule is CC1(C)CC[C@]2(C(=O)O[C@@H]3O[C@H](CO)[C@@H](O)[C@H](O)[C@H]3O)CC[C@]3(C)C(=CC[C@H]4[C@@]5(C)CC[C@H](O[C@@H]6O[C@H](C(=O)O)[C@@H](O[C@@H]7OC[C@@H](O)[C@H](O)[C@H]7O)[C@H](O)[C@H]6O)C(C)(C)[C@H]5CC[C@]43C)[C@@H]2C1. The van der Waals surface area contributed by atoms with Crippen molar-refractivity contribution in [2.24, 2.45) is 50.2 Å². The monoisotopic (exact) mass is 926 g/mol. The fourth-order valence-electron chi connectivity index (χ4n) is 14.7. The largest absolute Gasteiger partial charge is 0.479 e. The zero-order valence-electron chi connectivity index (χ0n) is 38.7. The summed E-state index contributed by atoms with van der Waals surface area (Å²) < 4.78 is 34.9. The molecule has 22 atom stereocenters. The molecule has 5 aliphatic carbocycles. The summed E-state index contributed by atoms with van der Waals surface area (Å²) in [4.78, 5) is 27.2. The standard InChI is InChI=1S/C47H74O18/c1-42(2)14-16-47(41(59)65-39-33(55)30(52)29(51)24(19-48)61-39)17-15-45(6)21(22(47)18-42)8-9-26-44(5)12-11-27(43(3,4)25(44)10-13-46(26,45)7)62-40-34(56)31(53)35(36(64-40)37(57)58)63-38-32(54)28(50)23(49)20-60-38/h8,22-36,38-40,48-56H,9-20H2,1-7H3,(H,57,58)/t22-,23+,24+,25+,26-,27-,28-,29+,30-,31+,32+,33+,34+,35-,36-,38-,39-,40+,44-,45+,46+,47-/m0/s1. The van der Waals surface area contributed by atoms with Gasteiger partial charge in [-0.1, -0.05) is 60.1 Å². The summed E-state index contributed by atoms with van der Waals surface area (Å²) in [6, 6.07) is 0. The smallest absolute Gasteiger partial charge is 0.335 e. The third-order valence-electron chi connectivity index (χ3n) is 18.9. The van der Waals surface area contributed by atoms with Crippen molar-refractivity contribution in [3.05, 3.63) is 11.6 Å². The second kappa shape index (κ2) is 17.2. The van der Waals surface area contributed by atoms with E-state index in [1.165, 1.54) is 5.57 Å². The van der Waals surface area contributed by atoms with Gasteiger partial charge in [-0.3, -0.25) is 4.79 Å². The van der Waals surface area contributed by atoms with Crippen LogP contribution in [0.15, 0.2) is 11.6 Å². The maximum atomic E-state index is 14.6. The number of allylic oxidation sites excluding steroid dienone is 2. The number of carboxylic acids is 1. The molecule has 0 aromatic heterocycles. The van der Waals surface area contributed by atoms with Gasteiger partial charge in [0.2, 0.25) is 6.29 Å². The third-order valence-corrected chi connectivity index (χ3v) is 18.9. The van der Waals surface area contributed by atoms with Crippen molar-refractivity contribution >= 4 is 11.9 Å². The molecule has 0 unspecified atom stereocenters. The Balaban J connectivity index is 1.01. The van der Waals surface area contributed by atoms with Crippen LogP contribution in [-0.2, 0) is 38.0 Å². The predicted octanol–water partition coefficient (Wildman–Crippen LogP) is 0.872. The normalized spacial score (nSPS) is 52.7. The van der Waals surface area contributed by atoms with Gasteiger partial charge in [-0.25, -0.2) is 4.79 Å². The molecule has 18 nitrogen and oxygen atoms in total. The van der Waals surface area contributed by atoms with Gasteiger partial charge < -0.3 is 79.5 Å². The van der Waals surface area contributed by atoms with Crippen molar-refractivity contribution in [2.45, 2.75) is 205 Å². The quantitative estimate of drug-likeness (QED) is 0.0918. The van der Waals surface area contributed by atoms with Gasteiger partial charge in [0.25, 0.3) is 0 Å². The molecule has 0 aromatic rings. The van der Waals surface area contributed by atoms with Gasteiger partial charge in [0, 0.05) is 0 Å². The first-order valence-corrected chi connectivity index (χ1v) is 23.7. The van der Waals surface area contributed by atoms with E-state index in [0.717, 1.165) is 44.9 Å². The number of hydrogen-bond acceptors (Lipinski definition) is 17. The average molecular weight is 927 g/mol. The summed E-state index contributed by atoms with van der Waals surface area (Å²) in [5.74, 6) is -1.77. The molecule has 8 aliphatic rings. The Hall–Kier alpha value is -1.88. The Morgan fingerprint density at radius 1 is 0.708 bits per heavy atom. The van der Waals surface area contributed by atoms with Gasteiger partial charge in [0.05, 0.1) is 24.7 Å². The molecule has 7 fully saturated rings. The first kappa shape index (κ1) is 49.5. The van der Waals surface area contributed by atoms with Crippen LogP contribution in [0, 0.1) is 50.2 Å². The number of rotatable bonds is 8. The zero-order chi connectivity index (χ0) is 47.6. The summed E-state index contributed by atoms with van der Waals surface area (Å²) in [6.07, 6.45) is -13.6. The van der Waals surface area contributed by atoms with Crippen molar-refractivity contribution in [3.8, 4) is 0 Å². The van der Waals surface area contributed by atoms with Gasteiger partial charge in [-0.05, 0) is 109 Å². The fourth-order valence-corrected chi connectivity index (χ4v) is 14.7. The maximum absolute atomic E-state index is 14.6. The van der Waals surface area contributed by atoms with Crippen molar-refractivity contribution in [1.29, 1.82) is 0 Å². The number of aliphatic hydroxyl groups excluding tert-OH is 9. The van der Waals surface area contributed by atoms with Gasteiger partial charge in [-0.2, -0.15) is 0 Å². The van der Waals surface area contributed by atoms with Crippen molar-refractivity contribution in [1.82, 2.24) is 0 Å². The topological polar surface area (TPSA) is 292 Å². The number of carbonyl (C=O) groups is 2. The van der Waals surface area contributed by atoms with Gasteiger partial charge >= 0.3 is 11.9 Å². The molecule has 0 radical (unpaired) electrons. The number of carboxylic acid groups (broad SMARTS) is 1. The van der Waals surface area contributed by atoms with Crippen LogP contribution in [0.3, 0.4) is 0 Å². The van der Waals surface area contributed by atoms with Gasteiger partial charge in [0.1, 0.15) is 61.0 Å². The molecule has 8 rings (SSSR count). The van der Waals surface area contributed by atoms with Crippen molar-refractivity contribution < 1.29 is 89.1 Å². The lowest BCUT2D eigenvalue weighted by Crippen LogP contribution is -2.67. The molecule has 0 spiro atoms. The van der Waals surface area contributed by atoms with Crippen molar-refractivity contribution in [2.75, 3.05) is 13.2 Å². The first-order chi connectivity index (χ1) is 30.3. The van der Waals surface area contributed by atoms with E-state index in [0.29, 0.717) is 19.3 Å². The maximum Gasteiger partial charge on any atom is 0.335 e. The van der Waals surface area contributed by atoms with E-state index in [1.807, 2.05) is 0 Å². The number of aliphatic carboxylic acids is 1. The number of ether oxygens (including phenoxy) is 6. The third kappa shape index (κ3) is 7.76. The lowest BCUT2D eigenvalue weighted by molar-refractivity contribution is -0.354. The molecule has 370 valence electrons. The van der Waals surface area contributed by atoms with Crippen LogP contribution in [0.2, 0.25) is 0 Å². The second-order valence-corrected chi connectivity index (χ2v) is 23.1. The highest BCUT2D eigenvalue weighted by atomic mass is 16.7. The van der Waals surface area contributed by atoms with Crippen LogP contribution >= 0.6 is 0 Å².